The minimum absolute atomic E-state index is 0.0592. The van der Waals surface area contributed by atoms with Crippen LogP contribution >= 0.6 is 0 Å². The lowest BCUT2D eigenvalue weighted by molar-refractivity contribution is -0.354. The number of Topliss-reactive ketones (excluding diaryl/α,β-unsaturated/α-hetero) is 1. The van der Waals surface area contributed by atoms with Crippen molar-refractivity contribution in [3.05, 3.63) is 41.5 Å². The molecule has 0 saturated carbocycles. The second-order valence-electron chi connectivity index (χ2n) is 10.6. The number of methoxy groups -OCH3 is 1. The fourth-order valence-corrected chi connectivity index (χ4v) is 5.29. The molecule has 15 nitrogen and oxygen atoms in total. The molecule has 236 valence electrons. The van der Waals surface area contributed by atoms with E-state index in [1.807, 2.05) is 0 Å². The minimum Gasteiger partial charge on any atom is -0.507 e. The van der Waals surface area contributed by atoms with Crippen LogP contribution in [-0.2, 0) is 14.2 Å². The highest BCUT2D eigenvalue weighted by atomic mass is 16.8. The molecule has 2 aromatic rings. The lowest BCUT2D eigenvalue weighted by atomic mass is 9.95. The molecule has 3 aliphatic rings. The van der Waals surface area contributed by atoms with Gasteiger partial charge in [0.1, 0.15) is 65.5 Å². The summed E-state index contributed by atoms with van der Waals surface area (Å²) in [5.41, 5.74) is 0.352. The Morgan fingerprint density at radius 3 is 2.30 bits per heavy atom. The topological polar surface area (TPSA) is 234 Å². The van der Waals surface area contributed by atoms with Crippen LogP contribution < -0.4 is 14.2 Å². The predicted octanol–water partition coefficient (Wildman–Crippen LogP) is -1.16. The van der Waals surface area contributed by atoms with Crippen molar-refractivity contribution >= 4 is 5.78 Å². The number of aliphatic hydroxyl groups excluding tert-OH is 6. The van der Waals surface area contributed by atoms with Gasteiger partial charge in [-0.05, 0) is 24.6 Å². The molecule has 2 aromatic carbocycles. The van der Waals surface area contributed by atoms with Gasteiger partial charge in [0.15, 0.2) is 29.7 Å². The normalized spacial score (nSPS) is 36.0. The van der Waals surface area contributed by atoms with Crippen molar-refractivity contribution in [3.8, 4) is 28.7 Å². The van der Waals surface area contributed by atoms with E-state index in [1.165, 1.54) is 32.2 Å². The van der Waals surface area contributed by atoms with Gasteiger partial charge in [-0.3, -0.25) is 4.79 Å². The van der Waals surface area contributed by atoms with E-state index in [9.17, 15) is 45.6 Å². The van der Waals surface area contributed by atoms with E-state index in [2.05, 4.69) is 0 Å². The molecule has 2 saturated heterocycles. The molecule has 0 unspecified atom stereocenters. The Bertz CT molecular complexity index is 1320. The first-order chi connectivity index (χ1) is 20.4. The van der Waals surface area contributed by atoms with Crippen molar-refractivity contribution in [2.75, 3.05) is 13.7 Å². The number of hydrogen-bond acceptors (Lipinski definition) is 15. The van der Waals surface area contributed by atoms with Crippen molar-refractivity contribution in [1.29, 1.82) is 0 Å². The van der Waals surface area contributed by atoms with Gasteiger partial charge < -0.3 is 69.3 Å². The Hall–Kier alpha value is -3.25. The molecular weight excluding hydrogens is 576 g/mol. The van der Waals surface area contributed by atoms with Gasteiger partial charge in [-0.25, -0.2) is 0 Å². The molecule has 0 bridgehead atoms. The fraction of sp³-hybridized carbons (Fsp3) is 0.536. The number of rotatable bonds is 7. The lowest BCUT2D eigenvalue weighted by Gasteiger charge is -2.45. The van der Waals surface area contributed by atoms with Crippen LogP contribution in [0.15, 0.2) is 30.3 Å². The number of ketones is 1. The minimum atomic E-state index is -1.76. The molecule has 0 amide bonds. The molecule has 0 radical (unpaired) electrons. The smallest absolute Gasteiger partial charge is 0.229 e. The summed E-state index contributed by atoms with van der Waals surface area (Å²) in [5, 5.41) is 82.4. The standard InChI is InChI=1S/C28H34O15/c1-10-21(33)23(35)25(37)27(39-10)43-26-24(36)22(34)19(9-29)42-28(26)40-12-6-14(31)20-15(32)8-17(41-18(20)7-12)11-3-4-16(38-2)13(30)5-11/h3-7,10,17,19,21-31,33-37H,8-9H2,1-2H3/t10-,17+,19-,21-,22-,23+,24+,25+,26-,27+,28-/m1/s1. The number of aliphatic hydroxyl groups is 6. The molecule has 11 atom stereocenters. The van der Waals surface area contributed by atoms with Crippen molar-refractivity contribution < 1.29 is 74.1 Å². The Morgan fingerprint density at radius 2 is 1.63 bits per heavy atom. The van der Waals surface area contributed by atoms with Crippen LogP contribution in [0.5, 0.6) is 28.7 Å². The predicted molar refractivity (Wildman–Crippen MR) is 141 cm³/mol. The quantitative estimate of drug-likeness (QED) is 0.185. The van der Waals surface area contributed by atoms with Crippen LogP contribution in [0.25, 0.3) is 0 Å². The number of fused-ring (bicyclic) bond motifs is 1. The summed E-state index contributed by atoms with van der Waals surface area (Å²) in [5.74, 6) is -1.06. The monoisotopic (exact) mass is 610 g/mol. The average Bonchev–Trinajstić information content (AvgIpc) is 2.97. The number of aromatic hydroxyl groups is 2. The van der Waals surface area contributed by atoms with Crippen LogP contribution in [0.1, 0.15) is 35.4 Å². The summed E-state index contributed by atoms with van der Waals surface area (Å²) < 4.78 is 33.7. The van der Waals surface area contributed by atoms with Crippen molar-refractivity contribution in [2.45, 2.75) is 80.9 Å². The van der Waals surface area contributed by atoms with E-state index in [1.54, 1.807) is 6.07 Å². The Morgan fingerprint density at radius 1 is 0.884 bits per heavy atom. The van der Waals surface area contributed by atoms with Crippen LogP contribution in [0.2, 0.25) is 0 Å². The number of ether oxygens (including phenoxy) is 6. The van der Waals surface area contributed by atoms with Crippen LogP contribution in [-0.4, -0.2) is 122 Å². The molecule has 43 heavy (non-hydrogen) atoms. The number of benzene rings is 2. The van der Waals surface area contributed by atoms with Gasteiger partial charge in [-0.1, -0.05) is 6.07 Å². The van der Waals surface area contributed by atoms with E-state index in [-0.39, 0.29) is 35.0 Å². The summed E-state index contributed by atoms with van der Waals surface area (Å²) in [6.45, 7) is 0.699. The maximum atomic E-state index is 13.0. The Labute approximate surface area is 245 Å². The lowest BCUT2D eigenvalue weighted by Crippen LogP contribution is -2.64. The molecular formula is C28H34O15. The zero-order valence-corrected chi connectivity index (χ0v) is 23.1. The van der Waals surface area contributed by atoms with Crippen molar-refractivity contribution in [1.82, 2.24) is 0 Å². The van der Waals surface area contributed by atoms with Gasteiger partial charge in [0, 0.05) is 12.1 Å². The summed E-state index contributed by atoms with van der Waals surface area (Å²) in [6.07, 6.45) is -16.3. The second-order valence-corrected chi connectivity index (χ2v) is 10.6. The van der Waals surface area contributed by atoms with Gasteiger partial charge in [0.25, 0.3) is 0 Å². The maximum Gasteiger partial charge on any atom is 0.229 e. The SMILES string of the molecule is COc1ccc([C@@H]2CC(=O)c3c(O)cc(O[C@@H]4O[C@H](CO)[C@@H](O)[C@H](O)[C@H]4O[C@@H]4O[C@H](C)[C@@H](O)[C@H](O)[C@@H]4O)cc3O2)cc1O. The molecule has 5 rings (SSSR count). The van der Waals surface area contributed by atoms with Gasteiger partial charge in [-0.15, -0.1) is 0 Å². The molecule has 15 heteroatoms. The highest BCUT2D eigenvalue weighted by molar-refractivity contribution is 6.02. The maximum absolute atomic E-state index is 13.0. The average molecular weight is 611 g/mol. The number of phenols is 2. The molecule has 0 aliphatic carbocycles. The molecule has 0 aromatic heterocycles. The number of hydrogen-bond donors (Lipinski definition) is 8. The van der Waals surface area contributed by atoms with Crippen molar-refractivity contribution in [2.24, 2.45) is 0 Å². The van der Waals surface area contributed by atoms with Crippen molar-refractivity contribution in [3.63, 3.8) is 0 Å². The van der Waals surface area contributed by atoms with E-state index >= 15 is 0 Å². The largest absolute Gasteiger partial charge is 0.507 e. The second kappa shape index (κ2) is 12.4. The highest BCUT2D eigenvalue weighted by Crippen LogP contribution is 2.43. The van der Waals surface area contributed by atoms with Gasteiger partial charge >= 0.3 is 0 Å². The van der Waals surface area contributed by atoms with Crippen LogP contribution in [0, 0.1) is 0 Å². The van der Waals surface area contributed by atoms with E-state index in [0.29, 0.717) is 5.56 Å². The highest BCUT2D eigenvalue weighted by Gasteiger charge is 2.51. The van der Waals surface area contributed by atoms with Crippen LogP contribution in [0.4, 0.5) is 0 Å². The first-order valence-corrected chi connectivity index (χ1v) is 13.5. The number of carbonyl (C=O) groups excluding carboxylic acids is 1. The van der Waals surface area contributed by atoms with E-state index < -0.39 is 85.7 Å². The molecule has 2 fully saturated rings. The Kier molecular flexibility index (Phi) is 8.99. The molecule has 3 heterocycles. The van der Waals surface area contributed by atoms with Gasteiger partial charge in [-0.2, -0.15) is 0 Å². The summed E-state index contributed by atoms with van der Waals surface area (Å²) in [4.78, 5) is 13.0. The Balaban J connectivity index is 1.41. The molecule has 0 spiro atoms. The summed E-state index contributed by atoms with van der Waals surface area (Å²) >= 11 is 0. The van der Waals surface area contributed by atoms with Crippen LogP contribution in [0.3, 0.4) is 0 Å². The zero-order valence-electron chi connectivity index (χ0n) is 23.1. The van der Waals surface area contributed by atoms with Gasteiger partial charge in [0.2, 0.25) is 6.29 Å². The first-order valence-electron chi connectivity index (χ1n) is 13.5. The third-order valence-corrected chi connectivity index (χ3v) is 7.72. The third kappa shape index (κ3) is 5.95. The first kappa shape index (κ1) is 31.2. The third-order valence-electron chi connectivity index (χ3n) is 7.72. The summed E-state index contributed by atoms with van der Waals surface area (Å²) in [6, 6.07) is 6.89. The fourth-order valence-electron chi connectivity index (χ4n) is 5.29. The van der Waals surface area contributed by atoms with Gasteiger partial charge in [0.05, 0.1) is 26.2 Å². The summed E-state index contributed by atoms with van der Waals surface area (Å²) in [7, 11) is 1.39. The van der Waals surface area contributed by atoms with E-state index in [4.69, 9.17) is 28.4 Å². The zero-order chi connectivity index (χ0) is 31.2. The van der Waals surface area contributed by atoms with E-state index in [0.717, 1.165) is 6.07 Å². The molecule has 3 aliphatic heterocycles. The molecule has 8 N–H and O–H groups in total. The number of carbonyl (C=O) groups is 1. The number of phenolic OH excluding ortho intramolecular Hbond substituents is 2.